The van der Waals surface area contributed by atoms with Crippen molar-refractivity contribution in [2.45, 2.75) is 12.3 Å². The molecule has 2 nitrogen and oxygen atoms in total. The third-order valence-corrected chi connectivity index (χ3v) is 1.85. The lowest BCUT2D eigenvalue weighted by molar-refractivity contribution is 1.12. The monoisotopic (exact) mass is 208 g/mol. The molecule has 1 heterocycles. The summed E-state index contributed by atoms with van der Waals surface area (Å²) in [5, 5.41) is 1.29. The second kappa shape index (κ2) is 2.71. The highest BCUT2D eigenvalue weighted by Crippen LogP contribution is 2.14. The molecule has 0 aliphatic heterocycles. The van der Waals surface area contributed by atoms with Gasteiger partial charge in [-0.15, -0.1) is 0 Å². The lowest BCUT2D eigenvalue weighted by Gasteiger charge is -1.84. The van der Waals surface area contributed by atoms with Gasteiger partial charge in [0.05, 0.1) is 5.69 Å². The zero-order chi connectivity index (χ0) is 6.85. The van der Waals surface area contributed by atoms with Gasteiger partial charge in [0, 0.05) is 5.33 Å². The number of alkyl halides is 1. The molecule has 1 rings (SSSR count). The van der Waals surface area contributed by atoms with Crippen LogP contribution in [0.15, 0.2) is 0 Å². The number of imidazole rings is 1. The zero-order valence-corrected chi connectivity index (χ0v) is 7.25. The molecule has 4 heteroatoms. The predicted octanol–water partition coefficient (Wildman–Crippen LogP) is 2.27. The van der Waals surface area contributed by atoms with Crippen LogP contribution in [0.25, 0.3) is 0 Å². The van der Waals surface area contributed by atoms with Crippen LogP contribution < -0.4 is 0 Å². The van der Waals surface area contributed by atoms with Gasteiger partial charge in [-0.2, -0.15) is 0 Å². The summed E-state index contributed by atoms with van der Waals surface area (Å²) in [5.41, 5.74) is 0.939. The number of aromatic nitrogens is 2. The molecule has 0 aliphatic rings. The van der Waals surface area contributed by atoms with Gasteiger partial charge in [0.15, 0.2) is 5.15 Å². The molecule has 0 aliphatic carbocycles. The van der Waals surface area contributed by atoms with Gasteiger partial charge in [-0.3, -0.25) is 0 Å². The Morgan fingerprint density at radius 3 is 2.67 bits per heavy atom. The smallest absolute Gasteiger partial charge is 0.151 e. The average Bonchev–Trinajstić information content (AvgIpc) is 2.10. The summed E-state index contributed by atoms with van der Waals surface area (Å²) in [4.78, 5) is 6.97. The molecule has 1 aromatic heterocycles. The van der Waals surface area contributed by atoms with Crippen LogP contribution in [0.5, 0.6) is 0 Å². The Morgan fingerprint density at radius 2 is 2.44 bits per heavy atom. The van der Waals surface area contributed by atoms with Crippen molar-refractivity contribution < 1.29 is 0 Å². The normalized spacial score (nSPS) is 10.1. The second-order valence-electron chi connectivity index (χ2n) is 1.73. The summed E-state index contributed by atoms with van der Waals surface area (Å²) in [6.45, 7) is 1.87. The molecule has 1 aromatic rings. The summed E-state index contributed by atoms with van der Waals surface area (Å²) in [5.74, 6) is 0.856. The van der Waals surface area contributed by atoms with Crippen molar-refractivity contribution in [3.05, 3.63) is 16.7 Å². The first kappa shape index (κ1) is 7.09. The predicted molar refractivity (Wildman–Crippen MR) is 41.0 cm³/mol. The van der Waals surface area contributed by atoms with Crippen LogP contribution in [0.1, 0.15) is 11.5 Å². The summed E-state index contributed by atoms with van der Waals surface area (Å²) in [6, 6.07) is 0. The Labute approximate surface area is 66.8 Å². The van der Waals surface area contributed by atoms with Crippen molar-refractivity contribution in [2.24, 2.45) is 0 Å². The van der Waals surface area contributed by atoms with E-state index in [0.717, 1.165) is 16.8 Å². The Kier molecular flexibility index (Phi) is 2.13. The molecular formula is C5H6BrClN2. The second-order valence-corrected chi connectivity index (χ2v) is 2.64. The molecule has 0 amide bonds. The average molecular weight is 209 g/mol. The molecule has 50 valence electrons. The van der Waals surface area contributed by atoms with Crippen molar-refractivity contribution in [1.29, 1.82) is 0 Å². The minimum Gasteiger partial charge on any atom is -0.344 e. The van der Waals surface area contributed by atoms with Crippen molar-refractivity contribution >= 4 is 27.5 Å². The third-order valence-electron chi connectivity index (χ3n) is 0.980. The molecule has 0 fully saturated rings. The Balaban J connectivity index is 3.01. The summed E-state index contributed by atoms with van der Waals surface area (Å²) in [6.07, 6.45) is 0. The molecule has 0 bridgehead atoms. The van der Waals surface area contributed by atoms with Crippen LogP contribution in [-0.2, 0) is 5.33 Å². The van der Waals surface area contributed by atoms with Gasteiger partial charge in [0.25, 0.3) is 0 Å². The van der Waals surface area contributed by atoms with Gasteiger partial charge in [-0.1, -0.05) is 27.5 Å². The summed E-state index contributed by atoms with van der Waals surface area (Å²) >= 11 is 8.94. The first-order chi connectivity index (χ1) is 4.24. The number of H-pyrrole nitrogens is 1. The van der Waals surface area contributed by atoms with Gasteiger partial charge < -0.3 is 4.98 Å². The van der Waals surface area contributed by atoms with Crippen molar-refractivity contribution in [3.8, 4) is 0 Å². The molecule has 9 heavy (non-hydrogen) atoms. The molecular weight excluding hydrogens is 203 g/mol. The number of aryl methyl sites for hydroxylation is 1. The van der Waals surface area contributed by atoms with E-state index >= 15 is 0 Å². The molecule has 0 saturated carbocycles. The van der Waals surface area contributed by atoms with E-state index in [1.807, 2.05) is 6.92 Å². The van der Waals surface area contributed by atoms with E-state index in [1.165, 1.54) is 0 Å². The molecule has 1 N–H and O–H groups in total. The molecule has 0 saturated heterocycles. The fourth-order valence-electron chi connectivity index (χ4n) is 0.601. The van der Waals surface area contributed by atoms with E-state index in [9.17, 15) is 0 Å². The van der Waals surface area contributed by atoms with Gasteiger partial charge >= 0.3 is 0 Å². The number of nitrogens with one attached hydrogen (secondary N) is 1. The summed E-state index contributed by atoms with van der Waals surface area (Å²) in [7, 11) is 0. The highest BCUT2D eigenvalue weighted by molar-refractivity contribution is 9.08. The Hall–Kier alpha value is -0.0200. The maximum Gasteiger partial charge on any atom is 0.151 e. The van der Waals surface area contributed by atoms with Crippen LogP contribution in [-0.4, -0.2) is 9.97 Å². The minimum absolute atomic E-state index is 0.560. The molecule has 0 atom stereocenters. The van der Waals surface area contributed by atoms with E-state index < -0.39 is 0 Å². The van der Waals surface area contributed by atoms with Crippen molar-refractivity contribution in [3.63, 3.8) is 0 Å². The molecule has 0 unspecified atom stereocenters. The van der Waals surface area contributed by atoms with Crippen molar-refractivity contribution in [1.82, 2.24) is 9.97 Å². The molecule has 0 spiro atoms. The number of halogens is 2. The molecule has 0 radical (unpaired) electrons. The highest BCUT2D eigenvalue weighted by Gasteiger charge is 2.01. The third kappa shape index (κ3) is 1.46. The van der Waals surface area contributed by atoms with Gasteiger partial charge in [-0.25, -0.2) is 4.98 Å². The number of nitrogens with zero attached hydrogens (tertiary/aromatic N) is 1. The highest BCUT2D eigenvalue weighted by atomic mass is 79.9. The number of aromatic amines is 1. The lowest BCUT2D eigenvalue weighted by Crippen LogP contribution is -1.75. The van der Waals surface area contributed by atoms with Crippen LogP contribution in [0.3, 0.4) is 0 Å². The van der Waals surface area contributed by atoms with E-state index in [0.29, 0.717) is 5.15 Å². The zero-order valence-electron chi connectivity index (χ0n) is 4.91. The summed E-state index contributed by atoms with van der Waals surface area (Å²) < 4.78 is 0. The van der Waals surface area contributed by atoms with Gasteiger partial charge in [0.2, 0.25) is 0 Å². The van der Waals surface area contributed by atoms with E-state index in [-0.39, 0.29) is 0 Å². The fraction of sp³-hybridized carbons (Fsp3) is 0.400. The first-order valence-electron chi connectivity index (χ1n) is 2.51. The fourth-order valence-corrected chi connectivity index (χ4v) is 1.41. The van der Waals surface area contributed by atoms with Crippen molar-refractivity contribution in [2.75, 3.05) is 0 Å². The van der Waals surface area contributed by atoms with Crippen LogP contribution in [0, 0.1) is 6.92 Å². The van der Waals surface area contributed by atoms with Gasteiger partial charge in [0.1, 0.15) is 5.82 Å². The number of hydrogen-bond acceptors (Lipinski definition) is 1. The van der Waals surface area contributed by atoms with E-state index in [2.05, 4.69) is 25.9 Å². The first-order valence-corrected chi connectivity index (χ1v) is 4.01. The Morgan fingerprint density at radius 1 is 1.78 bits per heavy atom. The standard InChI is InChI=1S/C5H6BrClN2/c1-3-8-4(2-6)5(7)9-3/h2H2,1H3,(H,8,9). The quantitative estimate of drug-likeness (QED) is 0.706. The van der Waals surface area contributed by atoms with Crippen LogP contribution in [0.2, 0.25) is 5.15 Å². The topological polar surface area (TPSA) is 28.7 Å². The Bertz CT molecular complexity index is 209. The maximum absolute atomic E-state index is 5.67. The SMILES string of the molecule is Cc1nc(Cl)c(CBr)[nH]1. The van der Waals surface area contributed by atoms with Crippen LogP contribution in [0.4, 0.5) is 0 Å². The number of hydrogen-bond donors (Lipinski definition) is 1. The molecule has 0 aromatic carbocycles. The maximum atomic E-state index is 5.67. The van der Waals surface area contributed by atoms with Crippen LogP contribution >= 0.6 is 27.5 Å². The largest absolute Gasteiger partial charge is 0.344 e. The number of rotatable bonds is 1. The van der Waals surface area contributed by atoms with Gasteiger partial charge in [-0.05, 0) is 6.92 Å². The van der Waals surface area contributed by atoms with E-state index in [1.54, 1.807) is 0 Å². The minimum atomic E-state index is 0.560. The lowest BCUT2D eigenvalue weighted by atomic mass is 10.6. The van der Waals surface area contributed by atoms with E-state index in [4.69, 9.17) is 11.6 Å².